The van der Waals surface area contributed by atoms with Crippen LogP contribution in [0.1, 0.15) is 21.5 Å². The van der Waals surface area contributed by atoms with Gasteiger partial charge in [-0.1, -0.05) is 40.2 Å². The van der Waals surface area contributed by atoms with Crippen molar-refractivity contribution in [2.24, 2.45) is 0 Å². The average molecular weight is 347 g/mol. The van der Waals surface area contributed by atoms with Crippen LogP contribution in [-0.4, -0.2) is 0 Å². The second-order valence-electron chi connectivity index (χ2n) is 4.42. The second kappa shape index (κ2) is 5.95. The molecule has 0 aliphatic heterocycles. The van der Waals surface area contributed by atoms with Crippen LogP contribution in [0.5, 0.6) is 0 Å². The summed E-state index contributed by atoms with van der Waals surface area (Å²) in [5, 5.41) is 0. The zero-order chi connectivity index (χ0) is 14.8. The van der Waals surface area contributed by atoms with Crippen LogP contribution < -0.4 is 0 Å². The minimum Gasteiger partial charge on any atom is -0.207 e. The summed E-state index contributed by atoms with van der Waals surface area (Å²) in [6, 6.07) is 11.1. The van der Waals surface area contributed by atoms with E-state index in [2.05, 4.69) is 15.9 Å². The van der Waals surface area contributed by atoms with Crippen LogP contribution >= 0.6 is 15.9 Å². The molecule has 1 unspecified atom stereocenters. The largest absolute Gasteiger partial charge is 0.416 e. The van der Waals surface area contributed by atoms with Gasteiger partial charge in [-0.2, -0.15) is 13.2 Å². The van der Waals surface area contributed by atoms with E-state index in [0.717, 1.165) is 23.3 Å². The molecule has 0 heterocycles. The standard InChI is InChI=1S/C15H11BrF4/c16-14(11-2-1-3-13(17)9-11)8-10-4-6-12(7-5-10)15(18,19)20/h1-7,9,14H,8H2. The van der Waals surface area contributed by atoms with Gasteiger partial charge >= 0.3 is 6.18 Å². The first-order chi connectivity index (χ1) is 9.36. The third-order valence-electron chi connectivity index (χ3n) is 2.91. The van der Waals surface area contributed by atoms with Crippen LogP contribution in [0, 0.1) is 5.82 Å². The Labute approximate surface area is 122 Å². The minimum absolute atomic E-state index is 0.144. The third-order valence-corrected chi connectivity index (χ3v) is 3.76. The molecule has 2 rings (SSSR count). The fourth-order valence-corrected chi connectivity index (χ4v) is 2.51. The number of rotatable bonds is 3. The number of benzene rings is 2. The molecule has 2 aromatic rings. The first-order valence-corrected chi connectivity index (χ1v) is 6.83. The zero-order valence-electron chi connectivity index (χ0n) is 10.3. The molecule has 0 aliphatic carbocycles. The molecule has 0 N–H and O–H groups in total. The molecule has 0 bridgehead atoms. The maximum absolute atomic E-state index is 13.1. The van der Waals surface area contributed by atoms with E-state index in [1.54, 1.807) is 12.1 Å². The summed E-state index contributed by atoms with van der Waals surface area (Å²) in [5.41, 5.74) is 0.840. The summed E-state index contributed by atoms with van der Waals surface area (Å²) in [6.07, 6.45) is -3.84. The van der Waals surface area contributed by atoms with Gasteiger partial charge in [-0.15, -0.1) is 0 Å². The molecule has 106 valence electrons. The highest BCUT2D eigenvalue weighted by molar-refractivity contribution is 9.09. The maximum atomic E-state index is 13.1. The zero-order valence-corrected chi connectivity index (χ0v) is 11.9. The van der Waals surface area contributed by atoms with E-state index in [1.165, 1.54) is 24.3 Å². The van der Waals surface area contributed by atoms with Crippen LogP contribution in [0.2, 0.25) is 0 Å². The van der Waals surface area contributed by atoms with E-state index in [4.69, 9.17) is 0 Å². The number of halogens is 5. The average Bonchev–Trinajstić information content (AvgIpc) is 2.38. The lowest BCUT2D eigenvalue weighted by Crippen LogP contribution is -2.05. The van der Waals surface area contributed by atoms with Gasteiger partial charge in [-0.25, -0.2) is 4.39 Å². The van der Waals surface area contributed by atoms with Crippen LogP contribution in [-0.2, 0) is 12.6 Å². The number of alkyl halides is 4. The van der Waals surface area contributed by atoms with Crippen LogP contribution in [0.15, 0.2) is 48.5 Å². The fourth-order valence-electron chi connectivity index (χ4n) is 1.86. The van der Waals surface area contributed by atoms with Crippen molar-refractivity contribution in [1.82, 2.24) is 0 Å². The Kier molecular flexibility index (Phi) is 4.48. The highest BCUT2D eigenvalue weighted by Gasteiger charge is 2.29. The van der Waals surface area contributed by atoms with E-state index in [9.17, 15) is 17.6 Å². The summed E-state index contributed by atoms with van der Waals surface area (Å²) in [7, 11) is 0. The van der Waals surface area contributed by atoms with Crippen molar-refractivity contribution in [1.29, 1.82) is 0 Å². The fraction of sp³-hybridized carbons (Fsp3) is 0.200. The second-order valence-corrected chi connectivity index (χ2v) is 5.53. The number of hydrogen-bond donors (Lipinski definition) is 0. The monoisotopic (exact) mass is 346 g/mol. The molecule has 20 heavy (non-hydrogen) atoms. The van der Waals surface area contributed by atoms with Crippen molar-refractivity contribution in [3.63, 3.8) is 0 Å². The highest BCUT2D eigenvalue weighted by atomic mass is 79.9. The smallest absolute Gasteiger partial charge is 0.207 e. The van der Waals surface area contributed by atoms with Crippen molar-refractivity contribution in [2.45, 2.75) is 17.4 Å². The molecule has 0 nitrogen and oxygen atoms in total. The van der Waals surface area contributed by atoms with Crippen LogP contribution in [0.4, 0.5) is 17.6 Å². The quantitative estimate of drug-likeness (QED) is 0.506. The van der Waals surface area contributed by atoms with Crippen molar-refractivity contribution in [2.75, 3.05) is 0 Å². The predicted molar refractivity (Wildman–Crippen MR) is 73.2 cm³/mol. The first kappa shape index (κ1) is 15.0. The Morgan fingerprint density at radius 3 is 2.20 bits per heavy atom. The lowest BCUT2D eigenvalue weighted by Gasteiger charge is -2.12. The molecular formula is C15H11BrF4. The Hall–Kier alpha value is -1.36. The summed E-state index contributed by atoms with van der Waals surface area (Å²) in [4.78, 5) is -0.144. The summed E-state index contributed by atoms with van der Waals surface area (Å²) in [5.74, 6) is -0.334. The van der Waals surface area contributed by atoms with Crippen molar-refractivity contribution < 1.29 is 17.6 Å². The lowest BCUT2D eigenvalue weighted by molar-refractivity contribution is -0.137. The van der Waals surface area contributed by atoms with Crippen LogP contribution in [0.25, 0.3) is 0 Å². The van der Waals surface area contributed by atoms with E-state index in [1.807, 2.05) is 0 Å². The Morgan fingerprint density at radius 1 is 1.00 bits per heavy atom. The van der Waals surface area contributed by atoms with Crippen molar-refractivity contribution in [3.8, 4) is 0 Å². The van der Waals surface area contributed by atoms with Gasteiger partial charge < -0.3 is 0 Å². The molecule has 0 amide bonds. The third kappa shape index (κ3) is 3.82. The molecular weight excluding hydrogens is 336 g/mol. The van der Waals surface area contributed by atoms with Gasteiger partial charge in [-0.3, -0.25) is 0 Å². The molecule has 0 aliphatic rings. The van der Waals surface area contributed by atoms with E-state index in [-0.39, 0.29) is 10.6 Å². The van der Waals surface area contributed by atoms with E-state index in [0.29, 0.717) is 6.42 Å². The molecule has 0 fully saturated rings. The lowest BCUT2D eigenvalue weighted by atomic mass is 10.0. The highest BCUT2D eigenvalue weighted by Crippen LogP contribution is 2.31. The minimum atomic E-state index is -4.32. The van der Waals surface area contributed by atoms with Crippen LogP contribution in [0.3, 0.4) is 0 Å². The topological polar surface area (TPSA) is 0 Å². The Balaban J connectivity index is 2.10. The first-order valence-electron chi connectivity index (χ1n) is 5.92. The Morgan fingerprint density at radius 2 is 1.65 bits per heavy atom. The summed E-state index contributed by atoms with van der Waals surface area (Å²) in [6.45, 7) is 0. The molecule has 0 saturated carbocycles. The molecule has 2 aromatic carbocycles. The molecule has 0 spiro atoms. The summed E-state index contributed by atoms with van der Waals surface area (Å²) >= 11 is 3.43. The van der Waals surface area contributed by atoms with Gasteiger partial charge in [0.05, 0.1) is 5.56 Å². The summed E-state index contributed by atoms with van der Waals surface area (Å²) < 4.78 is 50.4. The molecule has 1 atom stereocenters. The SMILES string of the molecule is Fc1cccc(C(Br)Cc2ccc(C(F)(F)F)cc2)c1. The molecule has 5 heteroatoms. The van der Waals surface area contributed by atoms with Crippen molar-refractivity contribution in [3.05, 3.63) is 71.0 Å². The predicted octanol–water partition coefficient (Wildman–Crippen LogP) is 5.52. The van der Waals surface area contributed by atoms with Crippen molar-refractivity contribution >= 4 is 15.9 Å². The normalized spacial score (nSPS) is 13.2. The van der Waals surface area contributed by atoms with Gasteiger partial charge in [0.2, 0.25) is 0 Å². The molecule has 0 aromatic heterocycles. The molecule has 0 saturated heterocycles. The Bertz CT molecular complexity index is 575. The van der Waals surface area contributed by atoms with Gasteiger partial charge in [0, 0.05) is 4.83 Å². The molecule has 0 radical (unpaired) electrons. The van der Waals surface area contributed by atoms with E-state index < -0.39 is 11.7 Å². The van der Waals surface area contributed by atoms with E-state index >= 15 is 0 Å². The maximum Gasteiger partial charge on any atom is 0.416 e. The van der Waals surface area contributed by atoms with Gasteiger partial charge in [0.25, 0.3) is 0 Å². The van der Waals surface area contributed by atoms with Gasteiger partial charge in [0.1, 0.15) is 5.82 Å². The number of hydrogen-bond acceptors (Lipinski definition) is 0. The van der Waals surface area contributed by atoms with Gasteiger partial charge in [0.15, 0.2) is 0 Å². The van der Waals surface area contributed by atoms with Gasteiger partial charge in [-0.05, 0) is 41.8 Å².